The number of aromatic nitrogens is 4. The predicted molar refractivity (Wildman–Crippen MR) is 79.6 cm³/mol. The molecule has 3 heterocycles. The van der Waals surface area contributed by atoms with Gasteiger partial charge in [0.15, 0.2) is 0 Å². The van der Waals surface area contributed by atoms with Gasteiger partial charge in [0.25, 0.3) is 5.78 Å². The summed E-state index contributed by atoms with van der Waals surface area (Å²) in [4.78, 5) is 21.2. The van der Waals surface area contributed by atoms with Gasteiger partial charge in [-0.2, -0.15) is 10.1 Å². The Morgan fingerprint density at radius 3 is 3.05 bits per heavy atom. The van der Waals surface area contributed by atoms with E-state index in [2.05, 4.69) is 25.6 Å². The molecule has 8 heteroatoms. The molecule has 3 aromatic rings. The summed E-state index contributed by atoms with van der Waals surface area (Å²) in [5.41, 5.74) is 4.10. The molecule has 0 saturated carbocycles. The molecule has 1 N–H and O–H groups in total. The number of carbonyl (C=O) groups excluding carboxylic acids is 1. The second kappa shape index (κ2) is 5.41. The Morgan fingerprint density at radius 2 is 2.29 bits per heavy atom. The third-order valence-corrected chi connectivity index (χ3v) is 3.53. The average molecular weight is 300 g/mol. The number of nitrogens with one attached hydrogen (secondary N) is 1. The lowest BCUT2D eigenvalue weighted by atomic mass is 10.4. The van der Waals surface area contributed by atoms with Gasteiger partial charge in [-0.3, -0.25) is 4.79 Å². The van der Waals surface area contributed by atoms with Gasteiger partial charge < -0.3 is 0 Å². The van der Waals surface area contributed by atoms with E-state index in [1.807, 2.05) is 37.4 Å². The van der Waals surface area contributed by atoms with Crippen LogP contribution >= 0.6 is 11.3 Å². The van der Waals surface area contributed by atoms with E-state index in [1.54, 1.807) is 6.21 Å². The highest BCUT2D eigenvalue weighted by atomic mass is 32.1. The molecular weight excluding hydrogens is 288 g/mol. The van der Waals surface area contributed by atoms with Crippen LogP contribution in [0.2, 0.25) is 0 Å². The standard InChI is InChI=1S/C13H12N6OS/c1-8-6-9(2)19-13(15-8)16-11(18-19)12(20)17-14-7-10-4-3-5-21-10/h3-7H,1-2H3,(H,17,20)/b14-7+. The van der Waals surface area contributed by atoms with E-state index in [1.165, 1.54) is 15.9 Å². The minimum absolute atomic E-state index is 0.0412. The maximum absolute atomic E-state index is 12.0. The number of aryl methyl sites for hydroxylation is 2. The summed E-state index contributed by atoms with van der Waals surface area (Å²) in [6, 6.07) is 5.69. The van der Waals surface area contributed by atoms with Crippen molar-refractivity contribution in [3.8, 4) is 0 Å². The second-order valence-electron chi connectivity index (χ2n) is 4.40. The van der Waals surface area contributed by atoms with Crippen molar-refractivity contribution < 1.29 is 4.79 Å². The summed E-state index contributed by atoms with van der Waals surface area (Å²) >= 11 is 1.53. The molecule has 0 bridgehead atoms. The molecule has 1 amide bonds. The molecule has 0 aliphatic heterocycles. The monoisotopic (exact) mass is 300 g/mol. The van der Waals surface area contributed by atoms with Crippen LogP contribution in [0.4, 0.5) is 0 Å². The molecule has 0 unspecified atom stereocenters. The maximum Gasteiger partial charge on any atom is 0.311 e. The minimum Gasteiger partial charge on any atom is -0.264 e. The Morgan fingerprint density at radius 1 is 1.43 bits per heavy atom. The Hall–Kier alpha value is -2.61. The molecule has 3 aromatic heterocycles. The molecule has 106 valence electrons. The number of hydrogen-bond acceptors (Lipinski definition) is 6. The first-order valence-electron chi connectivity index (χ1n) is 6.21. The van der Waals surface area contributed by atoms with Crippen molar-refractivity contribution in [2.24, 2.45) is 5.10 Å². The Bertz CT molecular complexity index is 821. The molecule has 0 aliphatic rings. The van der Waals surface area contributed by atoms with Crippen LogP contribution < -0.4 is 5.43 Å². The van der Waals surface area contributed by atoms with E-state index in [-0.39, 0.29) is 5.82 Å². The number of amides is 1. The quantitative estimate of drug-likeness (QED) is 0.587. The molecule has 0 radical (unpaired) electrons. The van der Waals surface area contributed by atoms with Crippen molar-refractivity contribution in [1.82, 2.24) is 25.0 Å². The topological polar surface area (TPSA) is 84.5 Å². The Kier molecular flexibility index (Phi) is 3.44. The first-order valence-corrected chi connectivity index (χ1v) is 7.09. The lowest BCUT2D eigenvalue weighted by Crippen LogP contribution is -2.19. The minimum atomic E-state index is -0.467. The van der Waals surface area contributed by atoms with E-state index >= 15 is 0 Å². The first-order chi connectivity index (χ1) is 10.1. The van der Waals surface area contributed by atoms with E-state index in [4.69, 9.17) is 0 Å². The molecule has 0 fully saturated rings. The van der Waals surface area contributed by atoms with Crippen LogP contribution in [0.1, 0.15) is 26.9 Å². The molecule has 21 heavy (non-hydrogen) atoms. The number of hydrazone groups is 1. The number of nitrogens with zero attached hydrogens (tertiary/aromatic N) is 5. The van der Waals surface area contributed by atoms with E-state index in [9.17, 15) is 4.79 Å². The van der Waals surface area contributed by atoms with Crippen molar-refractivity contribution in [3.05, 3.63) is 45.7 Å². The molecular formula is C13H12N6OS. The van der Waals surface area contributed by atoms with Crippen LogP contribution in [0.3, 0.4) is 0 Å². The Labute approximate surface area is 124 Å². The summed E-state index contributed by atoms with van der Waals surface area (Å²) in [6.07, 6.45) is 1.58. The van der Waals surface area contributed by atoms with Crippen molar-refractivity contribution in [1.29, 1.82) is 0 Å². The van der Waals surface area contributed by atoms with Crippen LogP contribution in [0.15, 0.2) is 28.7 Å². The van der Waals surface area contributed by atoms with Gasteiger partial charge in [0.05, 0.1) is 6.21 Å². The van der Waals surface area contributed by atoms with Crippen LogP contribution in [-0.2, 0) is 0 Å². The van der Waals surface area contributed by atoms with Gasteiger partial charge in [0.1, 0.15) is 0 Å². The number of hydrogen-bond donors (Lipinski definition) is 1. The lowest BCUT2D eigenvalue weighted by molar-refractivity contribution is 0.0945. The zero-order valence-corrected chi connectivity index (χ0v) is 12.3. The SMILES string of the molecule is Cc1cc(C)n2nc(C(=O)N/N=C/c3cccs3)nc2n1. The average Bonchev–Trinajstić information content (AvgIpc) is 3.07. The zero-order chi connectivity index (χ0) is 14.8. The van der Waals surface area contributed by atoms with Crippen LogP contribution in [0, 0.1) is 13.8 Å². The van der Waals surface area contributed by atoms with Crippen molar-refractivity contribution in [2.75, 3.05) is 0 Å². The van der Waals surface area contributed by atoms with Crippen molar-refractivity contribution >= 4 is 29.2 Å². The highest BCUT2D eigenvalue weighted by Gasteiger charge is 2.14. The van der Waals surface area contributed by atoms with Crippen molar-refractivity contribution in [3.63, 3.8) is 0 Å². The normalized spacial score (nSPS) is 11.3. The highest BCUT2D eigenvalue weighted by molar-refractivity contribution is 7.11. The van der Waals surface area contributed by atoms with Gasteiger partial charge in [-0.05, 0) is 31.4 Å². The number of carbonyl (C=O) groups is 1. The zero-order valence-electron chi connectivity index (χ0n) is 11.4. The largest absolute Gasteiger partial charge is 0.311 e. The van der Waals surface area contributed by atoms with Crippen LogP contribution in [0.25, 0.3) is 5.78 Å². The number of fused-ring (bicyclic) bond motifs is 1. The van der Waals surface area contributed by atoms with E-state index < -0.39 is 5.91 Å². The fourth-order valence-corrected chi connectivity index (χ4v) is 2.42. The molecule has 7 nitrogen and oxygen atoms in total. The third-order valence-electron chi connectivity index (χ3n) is 2.72. The Balaban J connectivity index is 1.80. The maximum atomic E-state index is 12.0. The van der Waals surface area contributed by atoms with Crippen LogP contribution in [-0.4, -0.2) is 31.7 Å². The molecule has 0 aromatic carbocycles. The second-order valence-corrected chi connectivity index (χ2v) is 5.38. The predicted octanol–water partition coefficient (Wildman–Crippen LogP) is 1.57. The lowest BCUT2D eigenvalue weighted by Gasteiger charge is -1.97. The van der Waals surface area contributed by atoms with Gasteiger partial charge in [0, 0.05) is 16.3 Å². The molecule has 0 atom stereocenters. The van der Waals surface area contributed by atoms with Gasteiger partial charge in [-0.25, -0.2) is 14.9 Å². The fraction of sp³-hybridized carbons (Fsp3) is 0.154. The van der Waals surface area contributed by atoms with E-state index in [0.29, 0.717) is 5.78 Å². The fourth-order valence-electron chi connectivity index (χ4n) is 1.83. The third kappa shape index (κ3) is 2.79. The van der Waals surface area contributed by atoms with E-state index in [0.717, 1.165) is 16.3 Å². The van der Waals surface area contributed by atoms with Crippen LogP contribution in [0.5, 0.6) is 0 Å². The van der Waals surface area contributed by atoms with Gasteiger partial charge >= 0.3 is 5.91 Å². The van der Waals surface area contributed by atoms with Gasteiger partial charge in [-0.1, -0.05) is 6.07 Å². The molecule has 0 spiro atoms. The summed E-state index contributed by atoms with van der Waals surface area (Å²) in [5.74, 6) is -0.0234. The highest BCUT2D eigenvalue weighted by Crippen LogP contribution is 2.06. The molecule has 0 aliphatic carbocycles. The van der Waals surface area contributed by atoms with Crippen molar-refractivity contribution in [2.45, 2.75) is 13.8 Å². The summed E-state index contributed by atoms with van der Waals surface area (Å²) in [5, 5.41) is 9.94. The number of rotatable bonds is 3. The van der Waals surface area contributed by atoms with Gasteiger partial charge in [-0.15, -0.1) is 16.4 Å². The summed E-state index contributed by atoms with van der Waals surface area (Å²) in [7, 11) is 0. The first kappa shape index (κ1) is 13.4. The van der Waals surface area contributed by atoms with Gasteiger partial charge in [0.2, 0.25) is 5.82 Å². The summed E-state index contributed by atoms with van der Waals surface area (Å²) < 4.78 is 1.53. The number of thiophene rings is 1. The summed E-state index contributed by atoms with van der Waals surface area (Å²) in [6.45, 7) is 3.75. The smallest absolute Gasteiger partial charge is 0.264 e. The molecule has 3 rings (SSSR count). The molecule has 0 saturated heterocycles.